The number of carbonyl (C=O) groups is 1. The highest BCUT2D eigenvalue weighted by molar-refractivity contribution is 5.76. The lowest BCUT2D eigenvalue weighted by atomic mass is 10.0. The molecule has 0 aliphatic rings. The van der Waals surface area contributed by atoms with Crippen molar-refractivity contribution in [1.82, 2.24) is 5.32 Å². The van der Waals surface area contributed by atoms with Crippen LogP contribution in [0.15, 0.2) is 72.9 Å². The molecule has 0 saturated heterocycles. The second-order valence-corrected chi connectivity index (χ2v) is 16.5. The van der Waals surface area contributed by atoms with Crippen LogP contribution in [0.3, 0.4) is 0 Å². The summed E-state index contributed by atoms with van der Waals surface area (Å²) in [6, 6.07) is -0.648. The minimum Gasteiger partial charge on any atom is -0.394 e. The van der Waals surface area contributed by atoms with Crippen LogP contribution >= 0.6 is 0 Å². The van der Waals surface area contributed by atoms with Gasteiger partial charge < -0.3 is 15.5 Å². The standard InChI is InChI=1S/C53H95NO3/c1-3-5-7-9-11-13-15-17-19-21-23-25-26-27-29-30-32-34-36-38-40-42-44-46-48-52(56)51(50-55)54-53(57)49-47-45-43-41-39-37-35-33-31-28-24-22-20-18-16-14-12-10-8-6-4-2/h6,8,12,14,18,20,24,28,38,40,46,48,51-52,55-56H,3-5,7,9-11,13,15-17,19,21-23,25-27,29-37,39,41-45,47,49-50H2,1-2H3,(H,54,57)/b8-6-,14-12-,20-18-,28-24-,40-38+,48-46+. The van der Waals surface area contributed by atoms with Crippen molar-refractivity contribution >= 4 is 5.91 Å². The third-order valence-corrected chi connectivity index (χ3v) is 10.9. The van der Waals surface area contributed by atoms with E-state index in [1.807, 2.05) is 6.08 Å². The Hall–Kier alpha value is -2.17. The first-order chi connectivity index (χ1) is 28.2. The van der Waals surface area contributed by atoms with Gasteiger partial charge in [0.15, 0.2) is 0 Å². The molecule has 0 spiro atoms. The number of aliphatic hydroxyl groups excluding tert-OH is 2. The Balaban J connectivity index is 3.61. The summed E-state index contributed by atoms with van der Waals surface area (Å²) in [5.74, 6) is -0.0835. The van der Waals surface area contributed by atoms with Crippen LogP contribution in [0, 0.1) is 0 Å². The van der Waals surface area contributed by atoms with Crippen LogP contribution in [0.1, 0.15) is 239 Å². The molecule has 0 fully saturated rings. The molecule has 0 rings (SSSR count). The van der Waals surface area contributed by atoms with Gasteiger partial charge in [0.05, 0.1) is 18.8 Å². The SMILES string of the molecule is CC/C=C\C/C=C\C/C=C\C/C=C\CCCCCCCCCCC(=O)NC(CO)C(O)/C=C/CC/C=C/CCCCCCCCCCCCCCCCCCCC. The number of allylic oxidation sites excluding steroid dienone is 11. The van der Waals surface area contributed by atoms with E-state index in [2.05, 4.69) is 79.9 Å². The normalized spacial score (nSPS) is 13.5. The molecule has 2 unspecified atom stereocenters. The molecule has 0 aromatic heterocycles. The predicted octanol–water partition coefficient (Wildman–Crippen LogP) is 15.9. The molecule has 4 heteroatoms. The zero-order valence-corrected chi connectivity index (χ0v) is 37.8. The van der Waals surface area contributed by atoms with Crippen LogP contribution in [0.4, 0.5) is 0 Å². The fourth-order valence-corrected chi connectivity index (χ4v) is 7.19. The third-order valence-electron chi connectivity index (χ3n) is 10.9. The van der Waals surface area contributed by atoms with Gasteiger partial charge in [-0.15, -0.1) is 0 Å². The highest BCUT2D eigenvalue weighted by Gasteiger charge is 2.17. The predicted molar refractivity (Wildman–Crippen MR) is 253 cm³/mol. The lowest BCUT2D eigenvalue weighted by Gasteiger charge is -2.19. The molecule has 330 valence electrons. The summed E-state index contributed by atoms with van der Waals surface area (Å²) in [6.45, 7) is 4.19. The average Bonchev–Trinajstić information content (AvgIpc) is 3.22. The van der Waals surface area contributed by atoms with E-state index in [1.165, 1.54) is 154 Å². The number of aliphatic hydroxyl groups is 2. The van der Waals surface area contributed by atoms with Crippen LogP contribution in [0.25, 0.3) is 0 Å². The van der Waals surface area contributed by atoms with E-state index in [0.717, 1.165) is 64.2 Å². The molecular formula is C53H95NO3. The molecule has 0 saturated carbocycles. The minimum atomic E-state index is -0.870. The molecule has 0 bridgehead atoms. The van der Waals surface area contributed by atoms with Crippen molar-refractivity contribution < 1.29 is 15.0 Å². The van der Waals surface area contributed by atoms with E-state index >= 15 is 0 Å². The zero-order chi connectivity index (χ0) is 41.4. The summed E-state index contributed by atoms with van der Waals surface area (Å²) >= 11 is 0. The molecule has 0 heterocycles. The molecule has 2 atom stereocenters. The molecule has 0 aliphatic heterocycles. The fourth-order valence-electron chi connectivity index (χ4n) is 7.19. The molecule has 0 aliphatic carbocycles. The summed E-state index contributed by atoms with van der Waals surface area (Å²) < 4.78 is 0. The fraction of sp³-hybridized carbons (Fsp3) is 0.755. The van der Waals surface area contributed by atoms with Crippen molar-refractivity contribution in [3.8, 4) is 0 Å². The molecular weight excluding hydrogens is 699 g/mol. The maximum absolute atomic E-state index is 12.4. The van der Waals surface area contributed by atoms with Crippen molar-refractivity contribution in [2.24, 2.45) is 0 Å². The van der Waals surface area contributed by atoms with Gasteiger partial charge >= 0.3 is 0 Å². The Bertz CT molecular complexity index is 992. The van der Waals surface area contributed by atoms with Crippen LogP contribution < -0.4 is 5.32 Å². The van der Waals surface area contributed by atoms with Gasteiger partial charge in [0.2, 0.25) is 5.91 Å². The van der Waals surface area contributed by atoms with Gasteiger partial charge in [0.1, 0.15) is 0 Å². The molecule has 4 nitrogen and oxygen atoms in total. The van der Waals surface area contributed by atoms with E-state index in [-0.39, 0.29) is 12.5 Å². The van der Waals surface area contributed by atoms with E-state index in [1.54, 1.807) is 6.08 Å². The number of amides is 1. The number of hydrogen-bond donors (Lipinski definition) is 3. The maximum Gasteiger partial charge on any atom is 0.220 e. The van der Waals surface area contributed by atoms with Crippen molar-refractivity contribution in [3.05, 3.63) is 72.9 Å². The molecule has 0 aromatic carbocycles. The first kappa shape index (κ1) is 54.8. The Morgan fingerprint density at radius 2 is 0.789 bits per heavy atom. The summed E-state index contributed by atoms with van der Waals surface area (Å²) in [6.07, 6.45) is 68.9. The molecule has 57 heavy (non-hydrogen) atoms. The Kier molecular flexibility index (Phi) is 46.4. The van der Waals surface area contributed by atoms with Crippen LogP contribution in [-0.4, -0.2) is 34.9 Å². The second kappa shape index (κ2) is 48.2. The number of carbonyl (C=O) groups excluding carboxylic acids is 1. The molecule has 0 radical (unpaired) electrons. The summed E-state index contributed by atoms with van der Waals surface area (Å²) in [5.41, 5.74) is 0. The number of nitrogens with one attached hydrogen (secondary N) is 1. The van der Waals surface area contributed by atoms with Crippen LogP contribution in [0.2, 0.25) is 0 Å². The van der Waals surface area contributed by atoms with Crippen LogP contribution in [-0.2, 0) is 4.79 Å². The van der Waals surface area contributed by atoms with E-state index in [4.69, 9.17) is 0 Å². The Morgan fingerprint density at radius 1 is 0.439 bits per heavy atom. The Labute approximate surface area is 355 Å². The van der Waals surface area contributed by atoms with Crippen molar-refractivity contribution in [2.75, 3.05) is 6.61 Å². The summed E-state index contributed by atoms with van der Waals surface area (Å²) in [4.78, 5) is 12.4. The lowest BCUT2D eigenvalue weighted by molar-refractivity contribution is -0.123. The molecule has 3 N–H and O–H groups in total. The van der Waals surface area contributed by atoms with Crippen molar-refractivity contribution in [3.63, 3.8) is 0 Å². The summed E-state index contributed by atoms with van der Waals surface area (Å²) in [7, 11) is 0. The first-order valence-corrected chi connectivity index (χ1v) is 24.7. The number of hydrogen-bond acceptors (Lipinski definition) is 3. The van der Waals surface area contributed by atoms with Gasteiger partial charge in [0.25, 0.3) is 0 Å². The highest BCUT2D eigenvalue weighted by Crippen LogP contribution is 2.15. The zero-order valence-electron chi connectivity index (χ0n) is 37.8. The largest absolute Gasteiger partial charge is 0.394 e. The third kappa shape index (κ3) is 44.8. The van der Waals surface area contributed by atoms with Gasteiger partial charge in [0, 0.05) is 6.42 Å². The van der Waals surface area contributed by atoms with Gasteiger partial charge in [-0.3, -0.25) is 4.79 Å². The maximum atomic E-state index is 12.4. The van der Waals surface area contributed by atoms with Gasteiger partial charge in [-0.1, -0.05) is 234 Å². The van der Waals surface area contributed by atoms with E-state index in [9.17, 15) is 15.0 Å². The Morgan fingerprint density at radius 3 is 1.23 bits per heavy atom. The lowest BCUT2D eigenvalue weighted by Crippen LogP contribution is -2.45. The highest BCUT2D eigenvalue weighted by atomic mass is 16.3. The number of unbranched alkanes of at least 4 members (excludes halogenated alkanes) is 27. The molecule has 0 aromatic rings. The van der Waals surface area contributed by atoms with Gasteiger partial charge in [-0.25, -0.2) is 0 Å². The minimum absolute atomic E-state index is 0.0835. The first-order valence-electron chi connectivity index (χ1n) is 24.7. The monoisotopic (exact) mass is 794 g/mol. The van der Waals surface area contributed by atoms with Crippen molar-refractivity contribution in [1.29, 1.82) is 0 Å². The average molecular weight is 794 g/mol. The van der Waals surface area contributed by atoms with Gasteiger partial charge in [-0.2, -0.15) is 0 Å². The van der Waals surface area contributed by atoms with Crippen LogP contribution in [0.5, 0.6) is 0 Å². The molecule has 1 amide bonds. The topological polar surface area (TPSA) is 69.6 Å². The quantitative estimate of drug-likeness (QED) is 0.0425. The van der Waals surface area contributed by atoms with E-state index < -0.39 is 12.1 Å². The van der Waals surface area contributed by atoms with Crippen molar-refractivity contribution in [2.45, 2.75) is 251 Å². The second-order valence-electron chi connectivity index (χ2n) is 16.5. The summed E-state index contributed by atoms with van der Waals surface area (Å²) in [5, 5.41) is 23.1. The number of rotatable bonds is 44. The smallest absolute Gasteiger partial charge is 0.220 e. The van der Waals surface area contributed by atoms with E-state index in [0.29, 0.717) is 6.42 Å². The van der Waals surface area contributed by atoms with Gasteiger partial charge in [-0.05, 0) is 70.6 Å².